The van der Waals surface area contributed by atoms with Gasteiger partial charge in [-0.15, -0.1) is 0 Å². The minimum atomic E-state index is -0.501. The number of nitro groups is 1. The summed E-state index contributed by atoms with van der Waals surface area (Å²) in [7, 11) is 0. The summed E-state index contributed by atoms with van der Waals surface area (Å²) in [5.74, 6) is 0. The maximum absolute atomic E-state index is 10.1. The predicted octanol–water partition coefficient (Wildman–Crippen LogP) is 0.797. The standard InChI is InChI=1S/C5H5NO2.In/c1-3-5(4-2)6(7)8;/h1,3-4H,2H2;. The van der Waals surface area contributed by atoms with Gasteiger partial charge in [-0.1, -0.05) is 0 Å². The Morgan fingerprint density at radius 3 is 2.89 bits per heavy atom. The van der Waals surface area contributed by atoms with Crippen LogP contribution in [0.25, 0.3) is 0 Å². The topological polar surface area (TPSA) is 43.1 Å². The van der Waals surface area contributed by atoms with Crippen molar-refractivity contribution >= 4 is 22.9 Å². The van der Waals surface area contributed by atoms with Gasteiger partial charge in [0.25, 0.3) is 0 Å². The Kier molecular flexibility index (Phi) is 2.33. The van der Waals surface area contributed by atoms with Crippen molar-refractivity contribution in [3.05, 3.63) is 31.8 Å². The molecule has 4 heteroatoms. The van der Waals surface area contributed by atoms with Gasteiger partial charge in [-0.3, -0.25) is 0 Å². The molecule has 0 N–H and O–H groups in total. The van der Waals surface area contributed by atoms with Crippen LogP contribution in [0.15, 0.2) is 21.7 Å². The normalized spacial score (nSPS) is 16.2. The average molecular weight is 226 g/mol. The maximum atomic E-state index is 10.1. The Bertz CT molecular complexity index is 185. The second kappa shape index (κ2) is 3.06. The molecule has 1 radical (unpaired) electrons. The van der Waals surface area contributed by atoms with Crippen molar-refractivity contribution in [2.75, 3.05) is 0 Å². The van der Waals surface area contributed by atoms with E-state index >= 15 is 0 Å². The molecule has 0 fully saturated rings. The molecule has 1 rings (SSSR count). The van der Waals surface area contributed by atoms with Crippen LogP contribution in [0.4, 0.5) is 0 Å². The van der Waals surface area contributed by atoms with Crippen molar-refractivity contribution in [3.63, 3.8) is 0 Å². The Hall–Kier alpha value is -0.250. The molecule has 0 aromatic carbocycles. The van der Waals surface area contributed by atoms with Crippen LogP contribution in [0.1, 0.15) is 0 Å². The molecular formula is C5H5InNO2. The molecule has 0 atom stereocenters. The summed E-state index contributed by atoms with van der Waals surface area (Å²) in [6.07, 6.45) is 3.35. The third-order valence-corrected chi connectivity index (χ3v) is 3.85. The summed E-state index contributed by atoms with van der Waals surface area (Å²) in [6.45, 7) is 0. The van der Waals surface area contributed by atoms with E-state index in [0.717, 1.165) is 4.18 Å². The van der Waals surface area contributed by atoms with Gasteiger partial charge in [-0.25, -0.2) is 0 Å². The molecule has 0 spiro atoms. The summed E-state index contributed by atoms with van der Waals surface area (Å²) < 4.78 is 3.00. The van der Waals surface area contributed by atoms with Crippen LogP contribution in [-0.4, -0.2) is 27.8 Å². The van der Waals surface area contributed by atoms with Gasteiger partial charge in [0.1, 0.15) is 0 Å². The summed E-state index contributed by atoms with van der Waals surface area (Å²) in [4.78, 5) is 9.73. The molecule has 0 amide bonds. The van der Waals surface area contributed by atoms with Crippen LogP contribution in [0, 0.1) is 10.1 Å². The van der Waals surface area contributed by atoms with Gasteiger partial charge in [0.2, 0.25) is 0 Å². The van der Waals surface area contributed by atoms with E-state index in [1.54, 1.807) is 12.2 Å². The average Bonchev–Trinajstić information content (AvgIpc) is 1.90. The van der Waals surface area contributed by atoms with E-state index in [0.29, 0.717) is 0 Å². The van der Waals surface area contributed by atoms with E-state index in [1.165, 1.54) is 0 Å². The molecule has 0 aromatic rings. The van der Waals surface area contributed by atoms with Gasteiger partial charge in [-0.2, -0.15) is 0 Å². The predicted molar refractivity (Wildman–Crippen MR) is 34.8 cm³/mol. The molecule has 0 saturated carbocycles. The van der Waals surface area contributed by atoms with Gasteiger partial charge in [0, 0.05) is 0 Å². The van der Waals surface area contributed by atoms with Crippen LogP contribution in [0.5, 0.6) is 0 Å². The molecule has 0 aliphatic carbocycles. The molecule has 45 valence electrons. The number of rotatable bonds is 1. The zero-order valence-electron chi connectivity index (χ0n) is 4.78. The summed E-state index contributed by atoms with van der Waals surface area (Å²) in [5.41, 5.74) is 0.271. The molecule has 9 heavy (non-hydrogen) atoms. The second-order valence-electron chi connectivity index (χ2n) is 1.72. The van der Waals surface area contributed by atoms with E-state index in [-0.39, 0.29) is 10.6 Å². The van der Waals surface area contributed by atoms with Crippen molar-refractivity contribution < 1.29 is 4.92 Å². The van der Waals surface area contributed by atoms with Crippen molar-refractivity contribution in [1.82, 2.24) is 0 Å². The first-order valence-electron chi connectivity index (χ1n) is 2.65. The van der Waals surface area contributed by atoms with Crippen molar-refractivity contribution in [2.24, 2.45) is 0 Å². The molecule has 1 aliphatic rings. The molecule has 3 nitrogen and oxygen atoms in total. The minimum absolute atomic E-state index is 0.271. The Balaban J connectivity index is 2.69. The second-order valence-corrected chi connectivity index (χ2v) is 5.51. The molecular weight excluding hydrogens is 221 g/mol. The van der Waals surface area contributed by atoms with Crippen LogP contribution < -0.4 is 0 Å². The van der Waals surface area contributed by atoms with E-state index in [1.807, 2.05) is 3.83 Å². The van der Waals surface area contributed by atoms with Gasteiger partial charge < -0.3 is 0 Å². The van der Waals surface area contributed by atoms with E-state index in [4.69, 9.17) is 0 Å². The third-order valence-electron chi connectivity index (χ3n) is 1.08. The van der Waals surface area contributed by atoms with Crippen molar-refractivity contribution in [2.45, 2.75) is 4.18 Å². The molecule has 0 bridgehead atoms. The van der Waals surface area contributed by atoms with Crippen LogP contribution in [0.3, 0.4) is 0 Å². The molecule has 0 unspecified atom stereocenters. The van der Waals surface area contributed by atoms with Crippen LogP contribution in [0.2, 0.25) is 4.18 Å². The summed E-state index contributed by atoms with van der Waals surface area (Å²) >= 11 is -0.501. The van der Waals surface area contributed by atoms with E-state index in [2.05, 4.69) is 0 Å². The Labute approximate surface area is 64.0 Å². The Morgan fingerprint density at radius 2 is 2.56 bits per heavy atom. The fourth-order valence-corrected chi connectivity index (χ4v) is 3.11. The molecule has 0 saturated heterocycles. The van der Waals surface area contributed by atoms with Gasteiger partial charge >= 0.3 is 63.8 Å². The molecule has 0 aromatic heterocycles. The van der Waals surface area contributed by atoms with Crippen LogP contribution >= 0.6 is 0 Å². The number of nitrogens with zero attached hydrogens (tertiary/aromatic N) is 1. The third kappa shape index (κ3) is 1.86. The van der Waals surface area contributed by atoms with E-state index in [9.17, 15) is 10.1 Å². The zero-order chi connectivity index (χ0) is 6.69. The van der Waals surface area contributed by atoms with Gasteiger partial charge in [-0.05, 0) is 0 Å². The first-order valence-corrected chi connectivity index (χ1v) is 6.88. The van der Waals surface area contributed by atoms with Crippen molar-refractivity contribution in [1.29, 1.82) is 0 Å². The van der Waals surface area contributed by atoms with Crippen molar-refractivity contribution in [3.8, 4) is 0 Å². The Morgan fingerprint density at radius 1 is 1.78 bits per heavy atom. The van der Waals surface area contributed by atoms with Gasteiger partial charge in [0.15, 0.2) is 0 Å². The fourth-order valence-electron chi connectivity index (χ4n) is 0.637. The van der Waals surface area contributed by atoms with Gasteiger partial charge in [0.05, 0.1) is 0 Å². The first-order chi connectivity index (χ1) is 4.30. The zero-order valence-corrected chi connectivity index (χ0v) is 8.08. The summed E-state index contributed by atoms with van der Waals surface area (Å²) in [5, 5.41) is 10.1. The number of hydrogen-bond donors (Lipinski definition) is 0. The first kappa shape index (κ1) is 6.86. The number of allylic oxidation sites excluding steroid dienone is 2. The SMILES string of the molecule is O=[N+]([O-])C1=C[CH2][In][CH]=C1. The van der Waals surface area contributed by atoms with Crippen LogP contribution in [-0.2, 0) is 0 Å². The molecule has 1 aliphatic heterocycles. The molecule has 1 heterocycles. The van der Waals surface area contributed by atoms with E-state index < -0.39 is 22.9 Å². The quantitative estimate of drug-likeness (QED) is 0.490. The summed E-state index contributed by atoms with van der Waals surface area (Å²) in [6, 6.07) is 0. The number of hydrogen-bond acceptors (Lipinski definition) is 2. The fraction of sp³-hybridized carbons (Fsp3) is 0.200. The monoisotopic (exact) mass is 226 g/mol.